The number of ether oxygens (including phenoxy) is 1. The third-order valence-electron chi connectivity index (χ3n) is 5.50. The molecule has 0 radical (unpaired) electrons. The largest absolute Gasteiger partial charge is 0.491 e. The summed E-state index contributed by atoms with van der Waals surface area (Å²) in [5, 5.41) is 12.7. The van der Waals surface area contributed by atoms with Crippen LogP contribution in [0, 0.1) is 17.6 Å². The first-order chi connectivity index (χ1) is 15.4. The molecule has 2 N–H and O–H groups in total. The number of nitrogens with zero attached hydrogens (tertiary/aromatic N) is 4. The molecule has 2 aromatic carbocycles. The van der Waals surface area contributed by atoms with E-state index in [1.165, 1.54) is 19.2 Å². The molecule has 3 aromatic rings. The molecule has 1 heterocycles. The lowest BCUT2D eigenvalue weighted by Crippen LogP contribution is -2.33. The van der Waals surface area contributed by atoms with Gasteiger partial charge in [0.15, 0.2) is 23.2 Å². The average molecular weight is 441 g/mol. The highest BCUT2D eigenvalue weighted by atomic mass is 19.1. The van der Waals surface area contributed by atoms with Gasteiger partial charge < -0.3 is 20.1 Å². The molecule has 9 heteroatoms. The summed E-state index contributed by atoms with van der Waals surface area (Å²) in [7, 11) is 2.96. The molecule has 1 aliphatic rings. The van der Waals surface area contributed by atoms with Gasteiger partial charge >= 0.3 is 0 Å². The second-order valence-electron chi connectivity index (χ2n) is 7.93. The zero-order chi connectivity index (χ0) is 22.7. The van der Waals surface area contributed by atoms with Crippen molar-refractivity contribution in [2.45, 2.75) is 25.5 Å². The van der Waals surface area contributed by atoms with Crippen LogP contribution in [0.3, 0.4) is 0 Å². The fourth-order valence-electron chi connectivity index (χ4n) is 3.64. The first kappa shape index (κ1) is 21.9. The van der Waals surface area contributed by atoms with Crippen molar-refractivity contribution in [2.24, 2.45) is 5.92 Å². The Bertz CT molecular complexity index is 1080. The molecule has 0 spiro atoms. The van der Waals surface area contributed by atoms with E-state index in [0.717, 1.165) is 18.4 Å². The third-order valence-corrected chi connectivity index (χ3v) is 5.50. The van der Waals surface area contributed by atoms with Crippen molar-refractivity contribution in [1.82, 2.24) is 15.0 Å². The van der Waals surface area contributed by atoms with Crippen LogP contribution in [-0.2, 0) is 6.54 Å². The Labute approximate surface area is 185 Å². The van der Waals surface area contributed by atoms with Gasteiger partial charge in [0, 0.05) is 31.3 Å². The molecule has 0 saturated heterocycles. The highest BCUT2D eigenvalue weighted by Gasteiger charge is 2.27. The van der Waals surface area contributed by atoms with E-state index in [1.54, 1.807) is 11.9 Å². The summed E-state index contributed by atoms with van der Waals surface area (Å²) in [6.07, 6.45) is 1.27. The second-order valence-corrected chi connectivity index (χ2v) is 7.93. The Morgan fingerprint density at radius 1 is 1.09 bits per heavy atom. The van der Waals surface area contributed by atoms with Crippen molar-refractivity contribution in [3.05, 3.63) is 59.7 Å². The van der Waals surface area contributed by atoms with E-state index in [0.29, 0.717) is 30.2 Å². The molecule has 32 heavy (non-hydrogen) atoms. The molecule has 0 bridgehead atoms. The smallest absolute Gasteiger partial charge is 0.230 e. The molecular weight excluding hydrogens is 416 g/mol. The van der Waals surface area contributed by atoms with Crippen LogP contribution in [0.5, 0.6) is 5.75 Å². The summed E-state index contributed by atoms with van der Waals surface area (Å²) in [5.41, 5.74) is 1.08. The van der Waals surface area contributed by atoms with E-state index in [9.17, 15) is 13.9 Å². The number of halogens is 2. The second kappa shape index (κ2) is 9.44. The number of methoxy groups -OCH3 is 1. The van der Waals surface area contributed by atoms with Gasteiger partial charge in [0.2, 0.25) is 11.9 Å². The fraction of sp³-hybridized carbons (Fsp3) is 0.348. The summed E-state index contributed by atoms with van der Waals surface area (Å²) < 4.78 is 33.2. The van der Waals surface area contributed by atoms with E-state index in [2.05, 4.69) is 20.3 Å². The Balaban J connectivity index is 1.60. The number of rotatable bonds is 8. The molecule has 1 aromatic heterocycles. The molecule has 0 atom stereocenters. The number of hydrogen-bond donors (Lipinski definition) is 2. The minimum absolute atomic E-state index is 0.106. The molecular formula is C23H25F2N5O2. The summed E-state index contributed by atoms with van der Waals surface area (Å²) in [5.74, 6) is -0.327. The molecule has 7 nitrogen and oxygen atoms in total. The number of hydrogen-bond acceptors (Lipinski definition) is 7. The first-order valence-corrected chi connectivity index (χ1v) is 10.4. The summed E-state index contributed by atoms with van der Waals surface area (Å²) in [6.45, 7) is 0.747. The molecule has 168 valence electrons. The van der Waals surface area contributed by atoms with Crippen molar-refractivity contribution in [2.75, 3.05) is 30.9 Å². The lowest BCUT2D eigenvalue weighted by molar-refractivity contribution is 0.0486. The molecule has 0 aliphatic heterocycles. The van der Waals surface area contributed by atoms with Gasteiger partial charge in [-0.1, -0.05) is 36.4 Å². The van der Waals surface area contributed by atoms with Crippen molar-refractivity contribution >= 4 is 11.9 Å². The van der Waals surface area contributed by atoms with Gasteiger partial charge in [0.05, 0.1) is 13.2 Å². The SMILES string of the molecule is COc1c(F)ccc(CN(C)c2nc(NCC3CC(O)C3)nc(-c3ccccc3)n2)c1F. The van der Waals surface area contributed by atoms with E-state index < -0.39 is 17.4 Å². The molecule has 0 unspecified atom stereocenters. The van der Waals surface area contributed by atoms with Gasteiger partial charge in [-0.05, 0) is 24.8 Å². The molecule has 1 aliphatic carbocycles. The van der Waals surface area contributed by atoms with E-state index in [1.807, 2.05) is 30.3 Å². The standard InChI is InChI=1S/C23H25F2N5O2/c1-30(13-16-8-9-18(24)20(32-2)19(16)25)23-28-21(15-6-4-3-5-7-15)27-22(29-23)26-12-14-10-17(31)11-14/h3-9,14,17,31H,10-13H2,1-2H3,(H,26,27,28,29). The average Bonchev–Trinajstić information content (AvgIpc) is 2.78. The molecule has 1 saturated carbocycles. The third kappa shape index (κ3) is 4.77. The molecule has 0 amide bonds. The Kier molecular flexibility index (Phi) is 6.45. The Morgan fingerprint density at radius 2 is 1.84 bits per heavy atom. The Morgan fingerprint density at radius 3 is 2.53 bits per heavy atom. The predicted octanol–water partition coefficient (Wildman–Crippen LogP) is 3.64. The number of nitrogens with one attached hydrogen (secondary N) is 1. The molecule has 4 rings (SSSR count). The van der Waals surface area contributed by atoms with Crippen molar-refractivity contribution in [3.63, 3.8) is 0 Å². The fourth-order valence-corrected chi connectivity index (χ4v) is 3.64. The summed E-state index contributed by atoms with van der Waals surface area (Å²) >= 11 is 0. The lowest BCUT2D eigenvalue weighted by atomic mass is 9.82. The van der Waals surface area contributed by atoms with Crippen LogP contribution in [0.25, 0.3) is 11.4 Å². The van der Waals surface area contributed by atoms with E-state index in [-0.39, 0.29) is 18.2 Å². The summed E-state index contributed by atoms with van der Waals surface area (Å²) in [6, 6.07) is 12.0. The van der Waals surface area contributed by atoms with Crippen LogP contribution in [0.2, 0.25) is 0 Å². The number of aliphatic hydroxyl groups is 1. The monoisotopic (exact) mass is 441 g/mol. The normalized spacial score (nSPS) is 17.5. The highest BCUT2D eigenvalue weighted by molar-refractivity contribution is 5.58. The maximum atomic E-state index is 14.6. The topological polar surface area (TPSA) is 83.4 Å². The van der Waals surface area contributed by atoms with Gasteiger partial charge in [-0.15, -0.1) is 0 Å². The van der Waals surface area contributed by atoms with Crippen LogP contribution in [0.1, 0.15) is 18.4 Å². The van der Waals surface area contributed by atoms with Gasteiger partial charge in [-0.3, -0.25) is 0 Å². The quantitative estimate of drug-likeness (QED) is 0.552. The van der Waals surface area contributed by atoms with Gasteiger partial charge in [0.25, 0.3) is 0 Å². The maximum absolute atomic E-state index is 14.6. The van der Waals surface area contributed by atoms with Crippen LogP contribution >= 0.6 is 0 Å². The van der Waals surface area contributed by atoms with Gasteiger partial charge in [0.1, 0.15) is 0 Å². The first-order valence-electron chi connectivity index (χ1n) is 10.4. The Hall–Kier alpha value is -3.33. The summed E-state index contributed by atoms with van der Waals surface area (Å²) in [4.78, 5) is 15.3. The zero-order valence-corrected chi connectivity index (χ0v) is 17.9. The number of aromatic nitrogens is 3. The van der Waals surface area contributed by atoms with Gasteiger partial charge in [-0.25, -0.2) is 8.78 Å². The van der Waals surface area contributed by atoms with Crippen LogP contribution in [-0.4, -0.2) is 46.9 Å². The minimum Gasteiger partial charge on any atom is -0.491 e. The van der Waals surface area contributed by atoms with Gasteiger partial charge in [-0.2, -0.15) is 15.0 Å². The van der Waals surface area contributed by atoms with Crippen LogP contribution in [0.4, 0.5) is 20.7 Å². The predicted molar refractivity (Wildman–Crippen MR) is 118 cm³/mol. The van der Waals surface area contributed by atoms with E-state index >= 15 is 0 Å². The minimum atomic E-state index is -0.754. The van der Waals surface area contributed by atoms with E-state index in [4.69, 9.17) is 4.74 Å². The highest BCUT2D eigenvalue weighted by Crippen LogP contribution is 2.28. The number of anilines is 2. The van der Waals surface area contributed by atoms with Crippen molar-refractivity contribution in [1.29, 1.82) is 0 Å². The van der Waals surface area contributed by atoms with Crippen LogP contribution < -0.4 is 15.0 Å². The maximum Gasteiger partial charge on any atom is 0.230 e. The number of benzene rings is 2. The lowest BCUT2D eigenvalue weighted by Gasteiger charge is -2.31. The zero-order valence-electron chi connectivity index (χ0n) is 17.9. The van der Waals surface area contributed by atoms with Crippen molar-refractivity contribution in [3.8, 4) is 17.1 Å². The molecule has 1 fully saturated rings. The van der Waals surface area contributed by atoms with Crippen molar-refractivity contribution < 1.29 is 18.6 Å². The van der Waals surface area contributed by atoms with Crippen LogP contribution in [0.15, 0.2) is 42.5 Å². The number of aliphatic hydroxyl groups excluding tert-OH is 1.